The maximum absolute atomic E-state index is 12.8. The molecule has 3 aromatic rings. The highest BCUT2D eigenvalue weighted by Crippen LogP contribution is 2.26. The number of rotatable bonds is 9. The number of ether oxygens (including phenoxy) is 1. The van der Waals surface area contributed by atoms with Gasteiger partial charge in [-0.25, -0.2) is 9.37 Å². The van der Waals surface area contributed by atoms with Crippen molar-refractivity contribution in [3.8, 4) is 16.5 Å². The number of benzene rings is 1. The zero-order valence-electron chi connectivity index (χ0n) is 15.0. The minimum Gasteiger partial charge on any atom is -0.494 e. The number of aromatic nitrogens is 1. The van der Waals surface area contributed by atoms with E-state index >= 15 is 0 Å². The van der Waals surface area contributed by atoms with E-state index in [4.69, 9.17) is 9.15 Å². The standard InChI is InChI=1S/C20H21FN2O3S/c1-14-17(23-20(26-14)18-5-4-12-27-18)13-19(24)22-10-2-3-11-25-16-8-6-15(21)7-9-16/h4-9,12H,2-3,10-11,13H2,1H3,(H,22,24). The fourth-order valence-corrected chi connectivity index (χ4v) is 3.14. The summed E-state index contributed by atoms with van der Waals surface area (Å²) in [7, 11) is 0. The van der Waals surface area contributed by atoms with E-state index in [1.807, 2.05) is 24.4 Å². The third kappa shape index (κ3) is 5.65. The van der Waals surface area contributed by atoms with Crippen molar-refractivity contribution in [1.82, 2.24) is 10.3 Å². The molecule has 0 aliphatic rings. The van der Waals surface area contributed by atoms with Crippen LogP contribution in [0.4, 0.5) is 4.39 Å². The number of hydrogen-bond donors (Lipinski definition) is 1. The topological polar surface area (TPSA) is 64.4 Å². The van der Waals surface area contributed by atoms with E-state index in [1.54, 1.807) is 23.5 Å². The van der Waals surface area contributed by atoms with Gasteiger partial charge < -0.3 is 14.5 Å². The van der Waals surface area contributed by atoms with E-state index in [2.05, 4.69) is 10.3 Å². The molecule has 1 amide bonds. The summed E-state index contributed by atoms with van der Waals surface area (Å²) in [5.74, 6) is 1.51. The Morgan fingerprint density at radius 2 is 2.07 bits per heavy atom. The Hall–Kier alpha value is -2.67. The number of oxazole rings is 1. The first-order valence-electron chi connectivity index (χ1n) is 8.77. The number of halogens is 1. The van der Waals surface area contributed by atoms with Gasteiger partial charge in [0.25, 0.3) is 0 Å². The van der Waals surface area contributed by atoms with Gasteiger partial charge in [-0.15, -0.1) is 11.3 Å². The lowest BCUT2D eigenvalue weighted by Gasteiger charge is -2.07. The number of nitrogens with zero attached hydrogens (tertiary/aromatic N) is 1. The Morgan fingerprint density at radius 3 is 2.81 bits per heavy atom. The first-order valence-corrected chi connectivity index (χ1v) is 9.65. The molecule has 142 valence electrons. The van der Waals surface area contributed by atoms with Crippen molar-refractivity contribution in [3.63, 3.8) is 0 Å². The van der Waals surface area contributed by atoms with Crippen LogP contribution in [0.3, 0.4) is 0 Å². The minimum absolute atomic E-state index is 0.0800. The van der Waals surface area contributed by atoms with Crippen LogP contribution >= 0.6 is 11.3 Å². The van der Waals surface area contributed by atoms with Gasteiger partial charge in [-0.3, -0.25) is 4.79 Å². The molecular formula is C20H21FN2O3S. The van der Waals surface area contributed by atoms with Crippen LogP contribution < -0.4 is 10.1 Å². The van der Waals surface area contributed by atoms with Crippen molar-refractivity contribution in [2.24, 2.45) is 0 Å². The first kappa shape index (κ1) is 19.1. The second kappa shape index (κ2) is 9.32. The molecule has 2 heterocycles. The molecule has 0 aliphatic carbocycles. The van der Waals surface area contributed by atoms with E-state index < -0.39 is 0 Å². The Bertz CT molecular complexity index is 860. The van der Waals surface area contributed by atoms with Crippen LogP contribution in [0, 0.1) is 12.7 Å². The fraction of sp³-hybridized carbons (Fsp3) is 0.300. The Morgan fingerprint density at radius 1 is 1.26 bits per heavy atom. The number of nitrogens with one attached hydrogen (secondary N) is 1. The Labute approximate surface area is 161 Å². The second-order valence-corrected chi connectivity index (χ2v) is 6.98. The van der Waals surface area contributed by atoms with Crippen molar-refractivity contribution in [2.45, 2.75) is 26.2 Å². The number of hydrogen-bond acceptors (Lipinski definition) is 5. The molecule has 1 N–H and O–H groups in total. The lowest BCUT2D eigenvalue weighted by molar-refractivity contribution is -0.120. The number of carbonyl (C=O) groups excluding carboxylic acids is 1. The van der Waals surface area contributed by atoms with E-state index in [9.17, 15) is 9.18 Å². The summed E-state index contributed by atoms with van der Waals surface area (Å²) >= 11 is 1.55. The maximum atomic E-state index is 12.8. The highest BCUT2D eigenvalue weighted by Gasteiger charge is 2.14. The lowest BCUT2D eigenvalue weighted by atomic mass is 10.2. The minimum atomic E-state index is -0.282. The summed E-state index contributed by atoms with van der Waals surface area (Å²) in [5, 5.41) is 4.84. The molecule has 0 unspecified atom stereocenters. The van der Waals surface area contributed by atoms with E-state index in [0.717, 1.165) is 17.7 Å². The monoisotopic (exact) mass is 388 g/mol. The number of carbonyl (C=O) groups is 1. The zero-order valence-corrected chi connectivity index (χ0v) is 15.9. The molecule has 0 radical (unpaired) electrons. The normalized spacial score (nSPS) is 10.7. The molecule has 0 fully saturated rings. The van der Waals surface area contributed by atoms with Gasteiger partial charge in [0.2, 0.25) is 11.8 Å². The summed E-state index contributed by atoms with van der Waals surface area (Å²) in [4.78, 5) is 17.5. The number of aryl methyl sites for hydroxylation is 1. The van der Waals surface area contributed by atoms with E-state index in [1.165, 1.54) is 12.1 Å². The Balaban J connectivity index is 1.34. The summed E-state index contributed by atoms with van der Waals surface area (Å²) < 4.78 is 24.0. The molecule has 0 atom stereocenters. The zero-order chi connectivity index (χ0) is 19.1. The third-order valence-corrected chi connectivity index (χ3v) is 4.79. The van der Waals surface area contributed by atoms with Crippen LogP contribution in [-0.2, 0) is 11.2 Å². The molecule has 0 saturated carbocycles. The van der Waals surface area contributed by atoms with Crippen molar-refractivity contribution in [2.75, 3.05) is 13.2 Å². The molecule has 0 spiro atoms. The van der Waals surface area contributed by atoms with Crippen molar-refractivity contribution in [3.05, 3.63) is 59.0 Å². The highest BCUT2D eigenvalue weighted by molar-refractivity contribution is 7.13. The molecule has 3 rings (SSSR count). The number of amides is 1. The molecule has 5 nitrogen and oxygen atoms in total. The number of unbranched alkanes of at least 4 members (excludes halogenated alkanes) is 1. The lowest BCUT2D eigenvalue weighted by Crippen LogP contribution is -2.26. The quantitative estimate of drug-likeness (QED) is 0.553. The number of thiophene rings is 1. The van der Waals surface area contributed by atoms with E-state index in [-0.39, 0.29) is 18.1 Å². The van der Waals surface area contributed by atoms with Gasteiger partial charge in [-0.1, -0.05) is 6.07 Å². The van der Waals surface area contributed by atoms with Crippen LogP contribution in [0.2, 0.25) is 0 Å². The average molecular weight is 388 g/mol. The van der Waals surface area contributed by atoms with Crippen molar-refractivity contribution < 1.29 is 18.3 Å². The predicted octanol–water partition coefficient (Wildman–Crippen LogP) is 4.37. The van der Waals surface area contributed by atoms with Gasteiger partial charge in [0.05, 0.1) is 23.6 Å². The van der Waals surface area contributed by atoms with Crippen molar-refractivity contribution in [1.29, 1.82) is 0 Å². The summed E-state index contributed by atoms with van der Waals surface area (Å²) in [6, 6.07) is 9.81. The maximum Gasteiger partial charge on any atom is 0.236 e. The first-order chi connectivity index (χ1) is 13.1. The van der Waals surface area contributed by atoms with Crippen LogP contribution in [-0.4, -0.2) is 24.0 Å². The molecule has 0 saturated heterocycles. The third-order valence-electron chi connectivity index (χ3n) is 3.93. The van der Waals surface area contributed by atoms with Gasteiger partial charge in [-0.2, -0.15) is 0 Å². The van der Waals surface area contributed by atoms with Crippen molar-refractivity contribution >= 4 is 17.2 Å². The molecule has 0 bridgehead atoms. The van der Waals surface area contributed by atoms with Crippen LogP contribution in [0.25, 0.3) is 10.8 Å². The van der Waals surface area contributed by atoms with Gasteiger partial charge in [0.1, 0.15) is 17.3 Å². The molecule has 0 aliphatic heterocycles. The summed E-state index contributed by atoms with van der Waals surface area (Å²) in [5.41, 5.74) is 0.663. The van der Waals surface area contributed by atoms with Gasteiger partial charge in [0, 0.05) is 6.54 Å². The summed E-state index contributed by atoms with van der Waals surface area (Å²) in [6.07, 6.45) is 1.79. The largest absolute Gasteiger partial charge is 0.494 e. The van der Waals surface area contributed by atoms with Crippen LogP contribution in [0.5, 0.6) is 5.75 Å². The van der Waals surface area contributed by atoms with Crippen LogP contribution in [0.1, 0.15) is 24.3 Å². The Kier molecular flexibility index (Phi) is 6.59. The van der Waals surface area contributed by atoms with Gasteiger partial charge in [-0.05, 0) is 55.5 Å². The fourth-order valence-electron chi connectivity index (χ4n) is 2.49. The molecule has 1 aromatic carbocycles. The molecular weight excluding hydrogens is 367 g/mol. The van der Waals surface area contributed by atoms with E-state index in [0.29, 0.717) is 36.2 Å². The summed E-state index contributed by atoms with van der Waals surface area (Å²) in [6.45, 7) is 2.91. The smallest absolute Gasteiger partial charge is 0.236 e. The molecule has 27 heavy (non-hydrogen) atoms. The molecule has 2 aromatic heterocycles. The van der Waals surface area contributed by atoms with Gasteiger partial charge in [0.15, 0.2) is 0 Å². The average Bonchev–Trinajstić information content (AvgIpc) is 3.30. The van der Waals surface area contributed by atoms with Crippen LogP contribution in [0.15, 0.2) is 46.2 Å². The van der Waals surface area contributed by atoms with Gasteiger partial charge >= 0.3 is 0 Å². The highest BCUT2D eigenvalue weighted by atomic mass is 32.1. The molecule has 7 heteroatoms. The predicted molar refractivity (Wildman–Crippen MR) is 102 cm³/mol. The SMILES string of the molecule is Cc1oc(-c2cccs2)nc1CC(=O)NCCCCOc1ccc(F)cc1. The second-order valence-electron chi connectivity index (χ2n) is 6.04.